The summed E-state index contributed by atoms with van der Waals surface area (Å²) in [6.45, 7) is 1.00. The maximum atomic E-state index is 11.9. The molecule has 1 heterocycles. The Bertz CT molecular complexity index is 548. The number of aromatic amines is 1. The lowest BCUT2D eigenvalue weighted by atomic mass is 10.1. The van der Waals surface area contributed by atoms with Gasteiger partial charge in [0.25, 0.3) is 5.91 Å². The minimum Gasteiger partial charge on any atom is -0.497 e. The molecule has 0 aliphatic rings. The quantitative estimate of drug-likeness (QED) is 0.789. The van der Waals surface area contributed by atoms with Crippen LogP contribution in [0.5, 0.6) is 5.75 Å². The van der Waals surface area contributed by atoms with Gasteiger partial charge in [-0.1, -0.05) is 0 Å². The molecule has 0 saturated heterocycles. The number of amides is 1. The predicted octanol–water partition coefficient (Wildman–Crippen LogP) is 1.55. The Morgan fingerprint density at radius 1 is 1.39 bits per heavy atom. The first-order chi connectivity index (χ1) is 8.76. The van der Waals surface area contributed by atoms with E-state index in [2.05, 4.69) is 10.3 Å². The van der Waals surface area contributed by atoms with E-state index in [9.17, 15) is 4.79 Å². The molecule has 0 aliphatic carbocycles. The Morgan fingerprint density at radius 3 is 2.94 bits per heavy atom. The lowest BCUT2D eigenvalue weighted by Crippen LogP contribution is -2.26. The van der Waals surface area contributed by atoms with Crippen molar-refractivity contribution in [2.45, 2.75) is 0 Å². The smallest absolute Gasteiger partial charge is 0.253 e. The van der Waals surface area contributed by atoms with Crippen LogP contribution in [0.1, 0.15) is 10.4 Å². The fraction of sp³-hybridized carbons (Fsp3) is 0.308. The summed E-state index contributed by atoms with van der Waals surface area (Å²) in [7, 11) is 3.21. The third kappa shape index (κ3) is 2.46. The second kappa shape index (κ2) is 5.55. The van der Waals surface area contributed by atoms with Gasteiger partial charge >= 0.3 is 0 Å². The largest absolute Gasteiger partial charge is 0.497 e. The number of benzene rings is 1. The van der Waals surface area contributed by atoms with Crippen molar-refractivity contribution in [3.8, 4) is 5.75 Å². The van der Waals surface area contributed by atoms with Crippen molar-refractivity contribution in [3.63, 3.8) is 0 Å². The number of carbonyl (C=O) groups excluding carboxylic acids is 1. The molecule has 0 fully saturated rings. The lowest BCUT2D eigenvalue weighted by Gasteiger charge is -2.03. The fourth-order valence-corrected chi connectivity index (χ4v) is 1.78. The number of hydrogen-bond acceptors (Lipinski definition) is 3. The number of aromatic nitrogens is 1. The zero-order valence-electron chi connectivity index (χ0n) is 10.4. The third-order valence-corrected chi connectivity index (χ3v) is 2.73. The van der Waals surface area contributed by atoms with Crippen LogP contribution >= 0.6 is 0 Å². The van der Waals surface area contributed by atoms with E-state index in [0.717, 1.165) is 16.7 Å². The first-order valence-electron chi connectivity index (χ1n) is 5.68. The number of rotatable bonds is 5. The van der Waals surface area contributed by atoms with E-state index in [0.29, 0.717) is 18.7 Å². The molecule has 1 amide bonds. The maximum Gasteiger partial charge on any atom is 0.253 e. The van der Waals surface area contributed by atoms with Gasteiger partial charge in [0.1, 0.15) is 5.75 Å². The Morgan fingerprint density at radius 2 is 2.22 bits per heavy atom. The van der Waals surface area contributed by atoms with Crippen LogP contribution in [-0.4, -0.2) is 38.3 Å². The zero-order valence-corrected chi connectivity index (χ0v) is 10.4. The van der Waals surface area contributed by atoms with Gasteiger partial charge in [0.2, 0.25) is 0 Å². The molecule has 0 saturated carbocycles. The van der Waals surface area contributed by atoms with Crippen molar-refractivity contribution >= 4 is 16.8 Å². The van der Waals surface area contributed by atoms with Gasteiger partial charge in [-0.25, -0.2) is 0 Å². The molecular formula is C13H16N2O3. The third-order valence-electron chi connectivity index (χ3n) is 2.73. The maximum absolute atomic E-state index is 11.9. The van der Waals surface area contributed by atoms with Gasteiger partial charge in [0.15, 0.2) is 0 Å². The second-order valence-electron chi connectivity index (χ2n) is 3.86. The summed E-state index contributed by atoms with van der Waals surface area (Å²) in [6.07, 6.45) is 1.70. The summed E-state index contributed by atoms with van der Waals surface area (Å²) in [6, 6.07) is 5.57. The number of carbonyl (C=O) groups is 1. The van der Waals surface area contributed by atoms with Crippen LogP contribution in [0.4, 0.5) is 0 Å². The van der Waals surface area contributed by atoms with Crippen LogP contribution in [0.25, 0.3) is 10.9 Å². The van der Waals surface area contributed by atoms with Gasteiger partial charge in [-0.3, -0.25) is 4.79 Å². The molecule has 0 aliphatic heterocycles. The average molecular weight is 248 g/mol. The minimum absolute atomic E-state index is 0.108. The molecule has 1 aromatic carbocycles. The summed E-state index contributed by atoms with van der Waals surface area (Å²) < 4.78 is 10.0. The highest BCUT2D eigenvalue weighted by molar-refractivity contribution is 6.06. The minimum atomic E-state index is -0.108. The first kappa shape index (κ1) is 12.4. The Labute approximate surface area is 105 Å². The number of fused-ring (bicyclic) bond motifs is 1. The highest BCUT2D eigenvalue weighted by Crippen LogP contribution is 2.22. The standard InChI is InChI=1S/C13H16N2O3/c1-17-6-5-14-13(16)11-8-15-12-7-9(18-2)3-4-10(11)12/h3-4,7-8,15H,5-6H2,1-2H3,(H,14,16). The highest BCUT2D eigenvalue weighted by Gasteiger charge is 2.11. The predicted molar refractivity (Wildman–Crippen MR) is 69.1 cm³/mol. The van der Waals surface area contributed by atoms with Crippen LogP contribution in [0.3, 0.4) is 0 Å². The fourth-order valence-electron chi connectivity index (χ4n) is 1.78. The van der Waals surface area contributed by atoms with Crippen LogP contribution in [-0.2, 0) is 4.74 Å². The summed E-state index contributed by atoms with van der Waals surface area (Å²) in [5, 5.41) is 3.67. The summed E-state index contributed by atoms with van der Waals surface area (Å²) in [5.41, 5.74) is 1.51. The van der Waals surface area contributed by atoms with Gasteiger partial charge in [0, 0.05) is 36.8 Å². The molecule has 0 radical (unpaired) electrons. The van der Waals surface area contributed by atoms with Crippen molar-refractivity contribution in [1.82, 2.24) is 10.3 Å². The van der Waals surface area contributed by atoms with Gasteiger partial charge < -0.3 is 19.8 Å². The molecule has 5 nitrogen and oxygen atoms in total. The summed E-state index contributed by atoms with van der Waals surface area (Å²) in [5.74, 6) is 0.652. The normalized spacial score (nSPS) is 10.6. The lowest BCUT2D eigenvalue weighted by molar-refractivity contribution is 0.0939. The van der Waals surface area contributed by atoms with Gasteiger partial charge in [0.05, 0.1) is 19.3 Å². The SMILES string of the molecule is COCCNC(=O)c1c[nH]c2cc(OC)ccc12. The van der Waals surface area contributed by atoms with Crippen molar-refractivity contribution in [2.75, 3.05) is 27.4 Å². The Balaban J connectivity index is 2.21. The van der Waals surface area contributed by atoms with Gasteiger partial charge in [-0.2, -0.15) is 0 Å². The average Bonchev–Trinajstić information content (AvgIpc) is 2.81. The number of ether oxygens (including phenoxy) is 2. The molecule has 0 spiro atoms. The molecule has 0 atom stereocenters. The van der Waals surface area contributed by atoms with E-state index in [1.165, 1.54) is 0 Å². The van der Waals surface area contributed by atoms with Crippen molar-refractivity contribution in [2.24, 2.45) is 0 Å². The first-order valence-corrected chi connectivity index (χ1v) is 5.68. The van der Waals surface area contributed by atoms with Crippen LogP contribution in [0.2, 0.25) is 0 Å². The van der Waals surface area contributed by atoms with Crippen molar-refractivity contribution in [3.05, 3.63) is 30.0 Å². The van der Waals surface area contributed by atoms with Crippen LogP contribution in [0, 0.1) is 0 Å². The summed E-state index contributed by atoms with van der Waals surface area (Å²) in [4.78, 5) is 15.0. The molecular weight excluding hydrogens is 232 g/mol. The molecule has 2 rings (SSSR count). The Kier molecular flexibility index (Phi) is 3.84. The number of nitrogens with one attached hydrogen (secondary N) is 2. The summed E-state index contributed by atoms with van der Waals surface area (Å²) >= 11 is 0. The molecule has 18 heavy (non-hydrogen) atoms. The second-order valence-corrected chi connectivity index (χ2v) is 3.86. The molecule has 96 valence electrons. The van der Waals surface area contributed by atoms with Gasteiger partial charge in [-0.15, -0.1) is 0 Å². The molecule has 0 bridgehead atoms. The number of hydrogen-bond donors (Lipinski definition) is 2. The molecule has 2 aromatic rings. The van der Waals surface area contributed by atoms with Crippen molar-refractivity contribution in [1.29, 1.82) is 0 Å². The number of methoxy groups -OCH3 is 2. The molecule has 1 aromatic heterocycles. The van der Waals surface area contributed by atoms with E-state index < -0.39 is 0 Å². The molecule has 5 heteroatoms. The molecule has 2 N–H and O–H groups in total. The molecule has 0 unspecified atom stereocenters. The van der Waals surface area contributed by atoms with E-state index >= 15 is 0 Å². The van der Waals surface area contributed by atoms with E-state index in [-0.39, 0.29) is 5.91 Å². The van der Waals surface area contributed by atoms with E-state index in [4.69, 9.17) is 9.47 Å². The van der Waals surface area contributed by atoms with Crippen LogP contribution in [0.15, 0.2) is 24.4 Å². The van der Waals surface area contributed by atoms with E-state index in [1.54, 1.807) is 20.4 Å². The number of H-pyrrole nitrogens is 1. The Hall–Kier alpha value is -2.01. The monoisotopic (exact) mass is 248 g/mol. The zero-order chi connectivity index (χ0) is 13.0. The van der Waals surface area contributed by atoms with Crippen molar-refractivity contribution < 1.29 is 14.3 Å². The van der Waals surface area contributed by atoms with E-state index in [1.807, 2.05) is 18.2 Å². The topological polar surface area (TPSA) is 63.3 Å². The van der Waals surface area contributed by atoms with Gasteiger partial charge in [-0.05, 0) is 12.1 Å². The highest BCUT2D eigenvalue weighted by atomic mass is 16.5. The van der Waals surface area contributed by atoms with Crippen LogP contribution < -0.4 is 10.1 Å².